The SMILES string of the molecule is CSc1cnc2c(-c3ccccc3)csc2c1O. The summed E-state index contributed by atoms with van der Waals surface area (Å²) in [5.74, 6) is 0.347. The zero-order chi connectivity index (χ0) is 12.5. The van der Waals surface area contributed by atoms with Crippen molar-refractivity contribution in [3.05, 3.63) is 41.9 Å². The number of pyridine rings is 1. The molecule has 3 aromatic rings. The number of benzene rings is 1. The number of aromatic nitrogens is 1. The molecule has 90 valence electrons. The molecule has 2 nitrogen and oxygen atoms in total. The summed E-state index contributed by atoms with van der Waals surface area (Å²) in [5, 5.41) is 12.2. The van der Waals surface area contributed by atoms with Crippen molar-refractivity contribution >= 4 is 33.3 Å². The van der Waals surface area contributed by atoms with Gasteiger partial charge in [-0.25, -0.2) is 0 Å². The van der Waals surface area contributed by atoms with E-state index < -0.39 is 0 Å². The molecule has 0 aliphatic carbocycles. The zero-order valence-corrected chi connectivity index (χ0v) is 11.4. The predicted octanol–water partition coefficient (Wildman–Crippen LogP) is 4.39. The lowest BCUT2D eigenvalue weighted by Gasteiger charge is -2.02. The van der Waals surface area contributed by atoms with Gasteiger partial charge in [0.2, 0.25) is 0 Å². The van der Waals surface area contributed by atoms with Crippen LogP contribution >= 0.6 is 23.1 Å². The third kappa shape index (κ3) is 1.78. The molecule has 0 amide bonds. The molecule has 0 aliphatic rings. The molecule has 0 bridgehead atoms. The molecule has 1 N–H and O–H groups in total. The van der Waals surface area contributed by atoms with Gasteiger partial charge in [0.15, 0.2) is 0 Å². The highest BCUT2D eigenvalue weighted by Gasteiger charge is 2.13. The Balaban J connectivity index is 2.25. The molecule has 0 spiro atoms. The molecule has 0 saturated heterocycles. The summed E-state index contributed by atoms with van der Waals surface area (Å²) in [6.45, 7) is 0. The van der Waals surface area contributed by atoms with Crippen molar-refractivity contribution < 1.29 is 5.11 Å². The fraction of sp³-hybridized carbons (Fsp3) is 0.0714. The smallest absolute Gasteiger partial charge is 0.150 e. The molecule has 1 aromatic carbocycles. The Morgan fingerprint density at radius 1 is 1.22 bits per heavy atom. The second kappa shape index (κ2) is 4.63. The Labute approximate surface area is 113 Å². The van der Waals surface area contributed by atoms with Crippen molar-refractivity contribution in [2.24, 2.45) is 0 Å². The summed E-state index contributed by atoms with van der Waals surface area (Å²) < 4.78 is 0.862. The maximum atomic E-state index is 10.2. The summed E-state index contributed by atoms with van der Waals surface area (Å²) in [4.78, 5) is 5.30. The molecule has 0 unspecified atom stereocenters. The van der Waals surface area contributed by atoms with E-state index in [1.54, 1.807) is 6.20 Å². The Hall–Kier alpha value is -1.52. The van der Waals surface area contributed by atoms with Crippen molar-refractivity contribution in [3.63, 3.8) is 0 Å². The van der Waals surface area contributed by atoms with Crippen LogP contribution in [0.5, 0.6) is 5.75 Å². The van der Waals surface area contributed by atoms with Crippen LogP contribution in [0.25, 0.3) is 21.3 Å². The highest BCUT2D eigenvalue weighted by molar-refractivity contribution is 7.98. The first-order valence-corrected chi connectivity index (χ1v) is 7.60. The Bertz CT molecular complexity index is 692. The van der Waals surface area contributed by atoms with E-state index in [4.69, 9.17) is 0 Å². The van der Waals surface area contributed by atoms with Gasteiger partial charge in [0.25, 0.3) is 0 Å². The number of hydrogen-bond donors (Lipinski definition) is 1. The van der Waals surface area contributed by atoms with Gasteiger partial charge in [-0.3, -0.25) is 4.98 Å². The van der Waals surface area contributed by atoms with Gasteiger partial charge >= 0.3 is 0 Å². The summed E-state index contributed by atoms with van der Waals surface area (Å²) >= 11 is 3.05. The number of aromatic hydroxyl groups is 1. The number of hydrogen-bond acceptors (Lipinski definition) is 4. The van der Waals surface area contributed by atoms with Gasteiger partial charge in [0.05, 0.1) is 15.1 Å². The first-order chi connectivity index (χ1) is 8.81. The molecule has 0 atom stereocenters. The lowest BCUT2D eigenvalue weighted by molar-refractivity contribution is 0.469. The quantitative estimate of drug-likeness (QED) is 0.703. The van der Waals surface area contributed by atoms with Crippen molar-refractivity contribution in [1.82, 2.24) is 4.98 Å². The minimum absolute atomic E-state index is 0.347. The summed E-state index contributed by atoms with van der Waals surface area (Å²) in [6.07, 6.45) is 3.68. The number of nitrogens with zero attached hydrogens (tertiary/aromatic N) is 1. The molecule has 4 heteroatoms. The minimum Gasteiger partial charge on any atom is -0.505 e. The van der Waals surface area contributed by atoms with Crippen molar-refractivity contribution in [2.75, 3.05) is 6.26 Å². The van der Waals surface area contributed by atoms with Crippen LogP contribution in [0, 0.1) is 0 Å². The third-order valence-electron chi connectivity index (χ3n) is 2.83. The molecule has 0 aliphatic heterocycles. The van der Waals surface area contributed by atoms with Crippen LogP contribution in [-0.2, 0) is 0 Å². The van der Waals surface area contributed by atoms with Crippen molar-refractivity contribution in [3.8, 4) is 16.9 Å². The lowest BCUT2D eigenvalue weighted by Crippen LogP contribution is -1.81. The lowest BCUT2D eigenvalue weighted by atomic mass is 10.1. The van der Waals surface area contributed by atoms with Crippen LogP contribution in [-0.4, -0.2) is 16.3 Å². The summed E-state index contributed by atoms with van der Waals surface area (Å²) in [6, 6.07) is 10.1. The van der Waals surface area contributed by atoms with E-state index in [0.717, 1.165) is 26.2 Å². The average molecular weight is 273 g/mol. The summed E-state index contributed by atoms with van der Waals surface area (Å²) in [5.41, 5.74) is 3.09. The van der Waals surface area contributed by atoms with E-state index in [-0.39, 0.29) is 0 Å². The second-order valence-electron chi connectivity index (χ2n) is 3.87. The molecule has 2 aromatic heterocycles. The number of rotatable bonds is 2. The third-order valence-corrected chi connectivity index (χ3v) is 4.54. The maximum absolute atomic E-state index is 10.2. The van der Waals surface area contributed by atoms with Gasteiger partial charge < -0.3 is 5.11 Å². The van der Waals surface area contributed by atoms with E-state index in [1.807, 2.05) is 24.5 Å². The largest absolute Gasteiger partial charge is 0.505 e. The van der Waals surface area contributed by atoms with Gasteiger partial charge in [-0.2, -0.15) is 0 Å². The van der Waals surface area contributed by atoms with Gasteiger partial charge in [-0.1, -0.05) is 30.3 Å². The van der Waals surface area contributed by atoms with Crippen LogP contribution in [0.2, 0.25) is 0 Å². The van der Waals surface area contributed by atoms with E-state index in [1.165, 1.54) is 23.1 Å². The van der Waals surface area contributed by atoms with Gasteiger partial charge in [0.1, 0.15) is 5.75 Å². The first-order valence-electron chi connectivity index (χ1n) is 5.50. The number of thioether (sulfide) groups is 1. The summed E-state index contributed by atoms with van der Waals surface area (Å²) in [7, 11) is 0. The average Bonchev–Trinajstić information content (AvgIpc) is 2.85. The standard InChI is InChI=1S/C14H11NOS2/c1-17-11-7-15-12-10(8-18-14(12)13(11)16)9-5-3-2-4-6-9/h2-8H,1H3,(H,15,16). The molecular weight excluding hydrogens is 262 g/mol. The molecular formula is C14H11NOS2. The highest BCUT2D eigenvalue weighted by Crippen LogP contribution is 2.40. The molecule has 0 saturated carbocycles. The maximum Gasteiger partial charge on any atom is 0.150 e. The van der Waals surface area contributed by atoms with Crippen LogP contribution in [0.4, 0.5) is 0 Å². The van der Waals surface area contributed by atoms with Crippen LogP contribution in [0.3, 0.4) is 0 Å². The number of fused-ring (bicyclic) bond motifs is 1. The fourth-order valence-electron chi connectivity index (χ4n) is 1.92. The number of thiophene rings is 1. The Morgan fingerprint density at radius 2 is 2.00 bits per heavy atom. The fourth-order valence-corrected chi connectivity index (χ4v) is 3.41. The van der Waals surface area contributed by atoms with Crippen molar-refractivity contribution in [2.45, 2.75) is 4.90 Å². The Kier molecular flexibility index (Phi) is 2.97. The highest BCUT2D eigenvalue weighted by atomic mass is 32.2. The van der Waals surface area contributed by atoms with E-state index in [2.05, 4.69) is 22.5 Å². The Morgan fingerprint density at radius 3 is 2.72 bits per heavy atom. The van der Waals surface area contributed by atoms with E-state index >= 15 is 0 Å². The van der Waals surface area contributed by atoms with Crippen LogP contribution < -0.4 is 0 Å². The molecule has 0 fully saturated rings. The van der Waals surface area contributed by atoms with Crippen LogP contribution in [0.1, 0.15) is 0 Å². The minimum atomic E-state index is 0.347. The van der Waals surface area contributed by atoms with Gasteiger partial charge in [-0.15, -0.1) is 23.1 Å². The molecule has 0 radical (unpaired) electrons. The molecule has 3 rings (SSSR count). The predicted molar refractivity (Wildman–Crippen MR) is 78.5 cm³/mol. The zero-order valence-electron chi connectivity index (χ0n) is 9.75. The van der Waals surface area contributed by atoms with E-state index in [0.29, 0.717) is 5.75 Å². The van der Waals surface area contributed by atoms with Crippen molar-refractivity contribution in [1.29, 1.82) is 0 Å². The first kappa shape index (κ1) is 11.6. The normalized spacial score (nSPS) is 10.9. The topological polar surface area (TPSA) is 33.1 Å². The van der Waals surface area contributed by atoms with Gasteiger partial charge in [-0.05, 0) is 11.8 Å². The van der Waals surface area contributed by atoms with Gasteiger partial charge in [0, 0.05) is 17.1 Å². The van der Waals surface area contributed by atoms with Crippen LogP contribution in [0.15, 0.2) is 46.8 Å². The second-order valence-corrected chi connectivity index (χ2v) is 5.60. The van der Waals surface area contributed by atoms with E-state index in [9.17, 15) is 5.11 Å². The molecule has 2 heterocycles. The monoisotopic (exact) mass is 273 g/mol. The molecule has 18 heavy (non-hydrogen) atoms.